The third kappa shape index (κ3) is 4.09. The minimum Gasteiger partial charge on any atom is -0.351 e. The zero-order chi connectivity index (χ0) is 19.5. The van der Waals surface area contributed by atoms with Crippen molar-refractivity contribution in [1.82, 2.24) is 14.8 Å². The van der Waals surface area contributed by atoms with Crippen LogP contribution in [0.15, 0.2) is 54.6 Å². The summed E-state index contributed by atoms with van der Waals surface area (Å²) < 4.78 is 13.4. The van der Waals surface area contributed by atoms with Crippen LogP contribution in [-0.4, -0.2) is 53.4 Å². The van der Waals surface area contributed by atoms with Crippen LogP contribution in [0.4, 0.5) is 4.39 Å². The van der Waals surface area contributed by atoms with Gasteiger partial charge in [-0.15, -0.1) is 0 Å². The number of hydrogen-bond donors (Lipinski definition) is 1. The lowest BCUT2D eigenvalue weighted by Gasteiger charge is -2.37. The summed E-state index contributed by atoms with van der Waals surface area (Å²) >= 11 is 0. The summed E-state index contributed by atoms with van der Waals surface area (Å²) in [6, 6.07) is 17.0. The number of likely N-dealkylation sites (tertiary alicyclic amines) is 1. The average Bonchev–Trinajstić information content (AvgIpc) is 3.15. The summed E-state index contributed by atoms with van der Waals surface area (Å²) in [4.78, 5) is 20.4. The summed E-state index contributed by atoms with van der Waals surface area (Å²) in [5.41, 5.74) is 2.65. The highest BCUT2D eigenvalue weighted by molar-refractivity contribution is 5.98. The Bertz CT molecular complexity index is 953. The van der Waals surface area contributed by atoms with Crippen LogP contribution in [0.5, 0.6) is 0 Å². The van der Waals surface area contributed by atoms with Gasteiger partial charge in [0.25, 0.3) is 5.91 Å². The zero-order valence-corrected chi connectivity index (χ0v) is 16.2. The molecule has 1 N–H and O–H groups in total. The molecule has 4 nitrogen and oxygen atoms in total. The van der Waals surface area contributed by atoms with Gasteiger partial charge in [0.2, 0.25) is 0 Å². The highest BCUT2D eigenvalue weighted by Crippen LogP contribution is 2.21. The second-order valence-corrected chi connectivity index (χ2v) is 7.66. The van der Waals surface area contributed by atoms with Gasteiger partial charge in [-0.25, -0.2) is 4.39 Å². The molecular weight excluding hydrogens is 353 g/mol. The van der Waals surface area contributed by atoms with E-state index in [0.717, 1.165) is 49.8 Å². The molecule has 2 aromatic carbocycles. The summed E-state index contributed by atoms with van der Waals surface area (Å²) in [6.45, 7) is 2.98. The Hall–Kier alpha value is -2.66. The standard InChI is InChI=1S/C23H26FN3O/c1-26(23(28)22-15-18-14-19(24)9-10-21(18)25-22)20-8-5-12-27(16-20)13-11-17-6-3-2-4-7-17/h2-4,6-7,9-10,14-15,20,25H,5,8,11-13,16H2,1H3/t20-/m1/s1. The fourth-order valence-corrected chi connectivity index (χ4v) is 4.06. The van der Waals surface area contributed by atoms with Crippen LogP contribution in [-0.2, 0) is 6.42 Å². The number of hydrogen-bond acceptors (Lipinski definition) is 2. The first-order valence-electron chi connectivity index (χ1n) is 9.92. The Kier molecular flexibility index (Phi) is 5.44. The molecular formula is C23H26FN3O. The smallest absolute Gasteiger partial charge is 0.270 e. The van der Waals surface area contributed by atoms with Gasteiger partial charge in [-0.1, -0.05) is 30.3 Å². The zero-order valence-electron chi connectivity index (χ0n) is 16.2. The highest BCUT2D eigenvalue weighted by Gasteiger charge is 2.27. The van der Waals surface area contributed by atoms with Crippen molar-refractivity contribution in [1.29, 1.82) is 0 Å². The Morgan fingerprint density at radius 1 is 1.21 bits per heavy atom. The van der Waals surface area contributed by atoms with Crippen molar-refractivity contribution in [3.63, 3.8) is 0 Å². The Labute approximate surface area is 165 Å². The van der Waals surface area contributed by atoms with E-state index in [0.29, 0.717) is 5.69 Å². The van der Waals surface area contributed by atoms with Crippen molar-refractivity contribution >= 4 is 16.8 Å². The first kappa shape index (κ1) is 18.7. The van der Waals surface area contributed by atoms with E-state index in [1.54, 1.807) is 12.1 Å². The van der Waals surface area contributed by atoms with Gasteiger partial charge in [-0.3, -0.25) is 4.79 Å². The molecule has 0 bridgehead atoms. The first-order chi connectivity index (χ1) is 13.6. The van der Waals surface area contributed by atoms with Gasteiger partial charge in [0.05, 0.1) is 0 Å². The number of piperidine rings is 1. The number of nitrogens with one attached hydrogen (secondary N) is 1. The van der Waals surface area contributed by atoms with Crippen LogP contribution in [0.1, 0.15) is 28.9 Å². The molecule has 1 amide bonds. The van der Waals surface area contributed by atoms with Gasteiger partial charge >= 0.3 is 0 Å². The van der Waals surface area contributed by atoms with Gasteiger partial charge in [0, 0.05) is 37.1 Å². The summed E-state index contributed by atoms with van der Waals surface area (Å²) in [5.74, 6) is -0.327. The Morgan fingerprint density at radius 2 is 2.04 bits per heavy atom. The molecule has 0 spiro atoms. The molecule has 3 aromatic rings. The maximum Gasteiger partial charge on any atom is 0.270 e. The number of rotatable bonds is 5. The van der Waals surface area contributed by atoms with Crippen molar-refractivity contribution in [3.8, 4) is 0 Å². The van der Waals surface area contributed by atoms with Crippen molar-refractivity contribution in [2.45, 2.75) is 25.3 Å². The molecule has 5 heteroatoms. The molecule has 1 atom stereocenters. The second kappa shape index (κ2) is 8.15. The highest BCUT2D eigenvalue weighted by atomic mass is 19.1. The van der Waals surface area contributed by atoms with E-state index in [4.69, 9.17) is 0 Å². The number of aromatic amines is 1. The number of nitrogens with zero attached hydrogens (tertiary/aromatic N) is 2. The maximum atomic E-state index is 13.4. The van der Waals surface area contributed by atoms with Crippen LogP contribution in [0.3, 0.4) is 0 Å². The fraction of sp³-hybridized carbons (Fsp3) is 0.348. The normalized spacial score (nSPS) is 17.7. The van der Waals surface area contributed by atoms with Gasteiger partial charge in [0.15, 0.2) is 0 Å². The van der Waals surface area contributed by atoms with Crippen molar-refractivity contribution < 1.29 is 9.18 Å². The molecule has 0 saturated carbocycles. The van der Waals surface area contributed by atoms with Crippen LogP contribution in [0.25, 0.3) is 10.9 Å². The number of likely N-dealkylation sites (N-methyl/N-ethyl adjacent to an activating group) is 1. The number of fused-ring (bicyclic) bond motifs is 1. The van der Waals surface area contributed by atoms with E-state index >= 15 is 0 Å². The van der Waals surface area contributed by atoms with E-state index in [9.17, 15) is 9.18 Å². The van der Waals surface area contributed by atoms with E-state index in [1.807, 2.05) is 18.0 Å². The SMILES string of the molecule is CN(C(=O)c1cc2cc(F)ccc2[nH]1)[C@@H]1CCCN(CCc2ccccc2)C1. The van der Waals surface area contributed by atoms with Gasteiger partial charge in [-0.2, -0.15) is 0 Å². The first-order valence-corrected chi connectivity index (χ1v) is 9.92. The number of halogens is 1. The number of benzene rings is 2. The molecule has 28 heavy (non-hydrogen) atoms. The molecule has 0 radical (unpaired) electrons. The lowest BCUT2D eigenvalue weighted by Crippen LogP contribution is -2.49. The largest absolute Gasteiger partial charge is 0.351 e. The van der Waals surface area contributed by atoms with Gasteiger partial charge in [0.1, 0.15) is 11.5 Å². The van der Waals surface area contributed by atoms with E-state index in [1.165, 1.54) is 17.7 Å². The summed E-state index contributed by atoms with van der Waals surface area (Å²) in [6.07, 6.45) is 3.13. The van der Waals surface area contributed by atoms with Crippen LogP contribution < -0.4 is 0 Å². The van der Waals surface area contributed by atoms with Crippen LogP contribution >= 0.6 is 0 Å². The third-order valence-corrected chi connectivity index (χ3v) is 5.72. The molecule has 1 aromatic heterocycles. The molecule has 1 aliphatic rings. The summed E-state index contributed by atoms with van der Waals surface area (Å²) in [5, 5.41) is 0.727. The molecule has 1 fully saturated rings. The quantitative estimate of drug-likeness (QED) is 0.725. The molecule has 0 aliphatic carbocycles. The van der Waals surface area contributed by atoms with Crippen molar-refractivity contribution in [2.75, 3.05) is 26.7 Å². The average molecular weight is 379 g/mol. The lowest BCUT2D eigenvalue weighted by atomic mass is 10.0. The number of aromatic nitrogens is 1. The van der Waals surface area contributed by atoms with E-state index in [-0.39, 0.29) is 17.8 Å². The van der Waals surface area contributed by atoms with Crippen molar-refractivity contribution in [3.05, 3.63) is 71.7 Å². The molecule has 1 aliphatic heterocycles. The second-order valence-electron chi connectivity index (χ2n) is 7.66. The monoisotopic (exact) mass is 379 g/mol. The molecule has 2 heterocycles. The minimum absolute atomic E-state index is 0.0356. The molecule has 1 saturated heterocycles. The maximum absolute atomic E-state index is 13.4. The third-order valence-electron chi connectivity index (χ3n) is 5.72. The molecule has 4 rings (SSSR count). The van der Waals surface area contributed by atoms with Crippen LogP contribution in [0.2, 0.25) is 0 Å². The number of amides is 1. The fourth-order valence-electron chi connectivity index (χ4n) is 4.06. The molecule has 146 valence electrons. The minimum atomic E-state index is -0.291. The predicted molar refractivity (Wildman–Crippen MR) is 110 cm³/mol. The number of H-pyrrole nitrogens is 1. The lowest BCUT2D eigenvalue weighted by molar-refractivity contribution is 0.0614. The summed E-state index contributed by atoms with van der Waals surface area (Å²) in [7, 11) is 1.87. The number of carbonyl (C=O) groups excluding carboxylic acids is 1. The Morgan fingerprint density at radius 3 is 2.86 bits per heavy atom. The number of carbonyl (C=O) groups is 1. The van der Waals surface area contributed by atoms with Gasteiger partial charge in [-0.05, 0) is 55.6 Å². The Balaban J connectivity index is 1.40. The van der Waals surface area contributed by atoms with Crippen molar-refractivity contribution in [2.24, 2.45) is 0 Å². The molecule has 0 unspecified atom stereocenters. The topological polar surface area (TPSA) is 39.3 Å². The van der Waals surface area contributed by atoms with Gasteiger partial charge < -0.3 is 14.8 Å². The predicted octanol–water partition coefficient (Wildman–Crippen LogP) is 4.09. The van der Waals surface area contributed by atoms with Crippen LogP contribution in [0, 0.1) is 5.82 Å². The van der Waals surface area contributed by atoms with E-state index in [2.05, 4.69) is 34.1 Å². The van der Waals surface area contributed by atoms with E-state index < -0.39 is 0 Å².